The SMILES string of the molecule is COc1ncc(-c2ccc3nccc(-c4ccc(COC(=O)OCCS)nc4)c3c2)cc1N. The van der Waals surface area contributed by atoms with Crippen LogP contribution in [0.1, 0.15) is 5.69 Å². The number of hydrogen-bond donors (Lipinski definition) is 2. The van der Waals surface area contributed by atoms with Crippen LogP contribution in [0.15, 0.2) is 61.1 Å². The Bertz CT molecular complexity index is 1280. The van der Waals surface area contributed by atoms with Gasteiger partial charge in [-0.05, 0) is 41.5 Å². The number of benzene rings is 1. The van der Waals surface area contributed by atoms with Crippen LogP contribution in [0.3, 0.4) is 0 Å². The molecule has 0 bridgehead atoms. The Kier molecular flexibility index (Phi) is 6.89. The Balaban J connectivity index is 1.61. The second-order valence-electron chi connectivity index (χ2n) is 7.06. The van der Waals surface area contributed by atoms with Crippen LogP contribution in [-0.4, -0.2) is 40.6 Å². The summed E-state index contributed by atoms with van der Waals surface area (Å²) < 4.78 is 15.0. The van der Waals surface area contributed by atoms with E-state index in [0.29, 0.717) is 23.0 Å². The number of anilines is 1. The number of carbonyl (C=O) groups excluding carboxylic acids is 1. The molecular weight excluding hydrogens is 440 g/mol. The fourth-order valence-electron chi connectivity index (χ4n) is 3.35. The van der Waals surface area contributed by atoms with E-state index in [4.69, 9.17) is 19.9 Å². The lowest BCUT2D eigenvalue weighted by molar-refractivity contribution is 0.0535. The average molecular weight is 463 g/mol. The van der Waals surface area contributed by atoms with Crippen molar-refractivity contribution in [3.63, 3.8) is 0 Å². The van der Waals surface area contributed by atoms with Crippen molar-refractivity contribution in [1.29, 1.82) is 0 Å². The van der Waals surface area contributed by atoms with Crippen molar-refractivity contribution in [2.45, 2.75) is 6.61 Å². The molecule has 33 heavy (non-hydrogen) atoms. The van der Waals surface area contributed by atoms with Crippen molar-refractivity contribution >= 4 is 35.4 Å². The predicted molar refractivity (Wildman–Crippen MR) is 129 cm³/mol. The van der Waals surface area contributed by atoms with E-state index in [2.05, 4.69) is 33.6 Å². The largest absolute Gasteiger partial charge is 0.508 e. The highest BCUT2D eigenvalue weighted by Gasteiger charge is 2.10. The summed E-state index contributed by atoms with van der Waals surface area (Å²) in [5.74, 6) is 0.832. The summed E-state index contributed by atoms with van der Waals surface area (Å²) >= 11 is 3.98. The molecule has 0 spiro atoms. The summed E-state index contributed by atoms with van der Waals surface area (Å²) in [6.45, 7) is 0.226. The van der Waals surface area contributed by atoms with Crippen LogP contribution in [0.5, 0.6) is 5.88 Å². The number of nitrogens with two attached hydrogens (primary N) is 1. The molecule has 4 rings (SSSR count). The summed E-state index contributed by atoms with van der Waals surface area (Å²) in [5, 5.41) is 0.963. The zero-order valence-corrected chi connectivity index (χ0v) is 18.8. The Hall–Kier alpha value is -3.85. The number of ether oxygens (including phenoxy) is 3. The van der Waals surface area contributed by atoms with Gasteiger partial charge < -0.3 is 19.9 Å². The number of thiol groups is 1. The standard InChI is InChI=1S/C24H22N4O4S/c1-30-23-21(25)11-17(13-28-23)15-3-5-22-20(10-15)19(6-7-26-22)16-2-4-18(27-12-16)14-32-24(29)31-8-9-33/h2-7,10-13,33H,8-9,14,25H2,1H3. The minimum Gasteiger partial charge on any atom is -0.480 e. The Morgan fingerprint density at radius 1 is 0.970 bits per heavy atom. The van der Waals surface area contributed by atoms with Crippen LogP contribution in [0.2, 0.25) is 0 Å². The monoisotopic (exact) mass is 462 g/mol. The molecule has 0 radical (unpaired) electrons. The normalized spacial score (nSPS) is 10.7. The Morgan fingerprint density at radius 2 is 1.79 bits per heavy atom. The molecule has 0 atom stereocenters. The third-order valence-corrected chi connectivity index (χ3v) is 5.11. The molecule has 168 valence electrons. The lowest BCUT2D eigenvalue weighted by atomic mass is 9.98. The molecule has 3 aromatic heterocycles. The summed E-state index contributed by atoms with van der Waals surface area (Å²) in [6, 6.07) is 13.5. The maximum atomic E-state index is 11.5. The first-order valence-electron chi connectivity index (χ1n) is 10.1. The summed E-state index contributed by atoms with van der Waals surface area (Å²) in [7, 11) is 1.53. The van der Waals surface area contributed by atoms with Gasteiger partial charge in [0.1, 0.15) is 13.2 Å². The zero-order valence-electron chi connectivity index (χ0n) is 17.9. The summed E-state index contributed by atoms with van der Waals surface area (Å²) in [5.41, 5.74) is 11.7. The number of aromatic nitrogens is 3. The topological polar surface area (TPSA) is 109 Å². The minimum absolute atomic E-state index is 0.0266. The van der Waals surface area contributed by atoms with Gasteiger partial charge >= 0.3 is 6.16 Å². The van der Waals surface area contributed by atoms with Crippen molar-refractivity contribution in [3.05, 3.63) is 66.7 Å². The van der Waals surface area contributed by atoms with Crippen molar-refractivity contribution in [2.75, 3.05) is 25.2 Å². The van der Waals surface area contributed by atoms with Gasteiger partial charge in [-0.2, -0.15) is 12.6 Å². The van der Waals surface area contributed by atoms with Crippen LogP contribution in [0, 0.1) is 0 Å². The fourth-order valence-corrected chi connectivity index (χ4v) is 3.44. The van der Waals surface area contributed by atoms with Crippen molar-refractivity contribution in [3.8, 4) is 28.1 Å². The predicted octanol–water partition coefficient (Wildman–Crippen LogP) is 4.53. The molecule has 0 amide bonds. The maximum Gasteiger partial charge on any atom is 0.508 e. The number of hydrogen-bond acceptors (Lipinski definition) is 9. The van der Waals surface area contributed by atoms with Crippen LogP contribution in [0.4, 0.5) is 10.5 Å². The lowest BCUT2D eigenvalue weighted by Crippen LogP contribution is -2.09. The molecule has 0 saturated carbocycles. The smallest absolute Gasteiger partial charge is 0.480 e. The van der Waals surface area contributed by atoms with E-state index in [9.17, 15) is 4.79 Å². The molecule has 0 aliphatic heterocycles. The van der Waals surface area contributed by atoms with Crippen LogP contribution in [0.25, 0.3) is 33.2 Å². The van der Waals surface area contributed by atoms with Crippen LogP contribution in [-0.2, 0) is 16.1 Å². The summed E-state index contributed by atoms with van der Waals surface area (Å²) in [6.07, 6.45) is 4.49. The first kappa shape index (κ1) is 22.3. The van der Waals surface area contributed by atoms with E-state index in [-0.39, 0.29) is 13.2 Å². The molecule has 1 aromatic carbocycles. The quantitative estimate of drug-likeness (QED) is 0.304. The highest BCUT2D eigenvalue weighted by molar-refractivity contribution is 7.80. The van der Waals surface area contributed by atoms with E-state index < -0.39 is 6.16 Å². The third-order valence-electron chi connectivity index (χ3n) is 4.93. The van der Waals surface area contributed by atoms with Crippen molar-refractivity contribution < 1.29 is 19.0 Å². The van der Waals surface area contributed by atoms with E-state index in [0.717, 1.165) is 33.2 Å². The molecule has 2 N–H and O–H groups in total. The first-order chi connectivity index (χ1) is 16.1. The van der Waals surface area contributed by atoms with Gasteiger partial charge in [0.15, 0.2) is 0 Å². The summed E-state index contributed by atoms with van der Waals surface area (Å²) in [4.78, 5) is 24.6. The molecular formula is C24H22N4O4S. The molecule has 0 saturated heterocycles. The van der Waals surface area contributed by atoms with Gasteiger partial charge in [0.05, 0.1) is 24.0 Å². The molecule has 0 unspecified atom stereocenters. The number of nitrogen functional groups attached to an aromatic ring is 1. The van der Waals surface area contributed by atoms with Gasteiger partial charge in [0.2, 0.25) is 5.88 Å². The highest BCUT2D eigenvalue weighted by atomic mass is 32.1. The lowest BCUT2D eigenvalue weighted by Gasteiger charge is -2.10. The van der Waals surface area contributed by atoms with Gasteiger partial charge in [0, 0.05) is 40.9 Å². The van der Waals surface area contributed by atoms with E-state index in [1.165, 1.54) is 7.11 Å². The maximum absolute atomic E-state index is 11.5. The number of fused-ring (bicyclic) bond motifs is 1. The third kappa shape index (κ3) is 5.15. The van der Waals surface area contributed by atoms with Gasteiger partial charge in [-0.3, -0.25) is 9.97 Å². The van der Waals surface area contributed by atoms with Crippen LogP contribution >= 0.6 is 12.6 Å². The minimum atomic E-state index is -0.740. The van der Waals surface area contributed by atoms with Gasteiger partial charge in [0.25, 0.3) is 0 Å². The molecule has 0 aliphatic rings. The second kappa shape index (κ2) is 10.2. The van der Waals surface area contributed by atoms with Crippen molar-refractivity contribution in [1.82, 2.24) is 15.0 Å². The molecule has 9 heteroatoms. The Labute approximate surface area is 196 Å². The first-order valence-corrected chi connectivity index (χ1v) is 10.8. The molecule has 4 aromatic rings. The van der Waals surface area contributed by atoms with Gasteiger partial charge in [-0.1, -0.05) is 12.1 Å². The molecule has 8 nitrogen and oxygen atoms in total. The number of nitrogens with zero attached hydrogens (tertiary/aromatic N) is 3. The van der Waals surface area contributed by atoms with Crippen molar-refractivity contribution in [2.24, 2.45) is 0 Å². The molecule has 0 aliphatic carbocycles. The zero-order chi connectivity index (χ0) is 23.2. The second-order valence-corrected chi connectivity index (χ2v) is 7.51. The van der Waals surface area contributed by atoms with E-state index >= 15 is 0 Å². The number of pyridine rings is 3. The van der Waals surface area contributed by atoms with Crippen LogP contribution < -0.4 is 10.5 Å². The number of rotatable bonds is 7. The van der Waals surface area contributed by atoms with Gasteiger partial charge in [-0.15, -0.1) is 0 Å². The Morgan fingerprint density at radius 3 is 2.52 bits per heavy atom. The fraction of sp³-hybridized carbons (Fsp3) is 0.167. The highest BCUT2D eigenvalue weighted by Crippen LogP contribution is 2.32. The molecule has 3 heterocycles. The number of methoxy groups -OCH3 is 1. The van der Waals surface area contributed by atoms with E-state index in [1.807, 2.05) is 36.4 Å². The van der Waals surface area contributed by atoms with E-state index in [1.54, 1.807) is 18.6 Å². The average Bonchev–Trinajstić information content (AvgIpc) is 2.85. The van der Waals surface area contributed by atoms with Gasteiger partial charge in [-0.25, -0.2) is 9.78 Å². The molecule has 0 fully saturated rings. The number of carbonyl (C=O) groups is 1.